The fraction of sp³-hybridized carbons (Fsp3) is 0.444. The molecule has 1 N–H and O–H groups in total. The number of nitrogens with zero attached hydrogens (tertiary/aromatic N) is 3. The second-order valence-electron chi connectivity index (χ2n) is 15.6. The van der Waals surface area contributed by atoms with Gasteiger partial charge in [0.05, 0.1) is 18.5 Å². The highest BCUT2D eigenvalue weighted by Gasteiger charge is 2.29. The molecule has 1 saturated carbocycles. The molecule has 56 heavy (non-hydrogen) atoms. The smallest absolute Gasteiger partial charge is 0.221 e. The number of hydrogen-bond donors (Lipinski definition) is 1. The van der Waals surface area contributed by atoms with Gasteiger partial charge in [0.2, 0.25) is 15.9 Å². The molecule has 4 aromatic rings. The van der Waals surface area contributed by atoms with Crippen LogP contribution >= 0.6 is 0 Å². The summed E-state index contributed by atoms with van der Waals surface area (Å²) < 4.78 is 34.4. The Bertz CT molecular complexity index is 2210. The Labute approximate surface area is 330 Å². The van der Waals surface area contributed by atoms with E-state index in [1.165, 1.54) is 42.3 Å². The third kappa shape index (κ3) is 9.27. The summed E-state index contributed by atoms with van der Waals surface area (Å²) >= 11 is 0. The summed E-state index contributed by atoms with van der Waals surface area (Å²) in [5.41, 5.74) is 7.47. The standard InChI is InChI=1S/C45H54N4O6S/c1-32(50)46-37-19-23-41(47-24-26-48(27-25-47)56(2,53)54)36(28-37)31-55-39-20-16-34(17-21-39)45-44(33-12-8-7-9-13-33)40-22-18-35-29-42(40)49(45)30-38(51)14-10-5-3-4-6-11-15-43(35)52/h3-4,16-23,28-29,33H,5-15,24-27,30-31H2,1-2H3,(H,46,50)/b4-3-. The Morgan fingerprint density at radius 3 is 2.21 bits per heavy atom. The molecule has 1 aromatic heterocycles. The Morgan fingerprint density at radius 1 is 0.821 bits per heavy atom. The van der Waals surface area contributed by atoms with E-state index >= 15 is 0 Å². The largest absolute Gasteiger partial charge is 0.489 e. The normalized spacial score (nSPS) is 18.8. The number of sulfonamides is 1. The van der Waals surface area contributed by atoms with E-state index in [2.05, 4.69) is 45.1 Å². The van der Waals surface area contributed by atoms with Crippen LogP contribution in [0.25, 0.3) is 22.2 Å². The number of carbonyl (C=O) groups excluding carboxylic acids is 3. The van der Waals surface area contributed by atoms with Crippen LogP contribution in [0.2, 0.25) is 0 Å². The molecule has 2 fully saturated rings. The summed E-state index contributed by atoms with van der Waals surface area (Å²) in [5, 5.41) is 4.00. The molecule has 1 aliphatic carbocycles. The van der Waals surface area contributed by atoms with Gasteiger partial charge < -0.3 is 19.5 Å². The number of Topliss-reactive ketones (excluding diaryl/α,β-unsaturated/α-hetero) is 2. The maximum Gasteiger partial charge on any atom is 0.221 e. The maximum atomic E-state index is 13.7. The molecule has 11 heteroatoms. The highest BCUT2D eigenvalue weighted by Crippen LogP contribution is 2.45. The van der Waals surface area contributed by atoms with Crippen molar-refractivity contribution >= 4 is 49.8 Å². The molecule has 296 valence electrons. The van der Waals surface area contributed by atoms with E-state index in [1.54, 1.807) is 0 Å². The SMILES string of the molecule is CC(=O)Nc1ccc(N2CCN(S(C)(=O)=O)CC2)c(COc2ccc(-c3c(C4CCCCC4)c4ccc5cc4n3CC(=O)CCC/C=C\CCCC5=O)cc2)c1. The molecule has 0 unspecified atom stereocenters. The fourth-order valence-corrected chi connectivity index (χ4v) is 9.51. The second kappa shape index (κ2) is 17.6. The topological polar surface area (TPSA) is 118 Å². The van der Waals surface area contributed by atoms with Gasteiger partial charge in [-0.3, -0.25) is 14.4 Å². The maximum absolute atomic E-state index is 13.7. The number of amides is 1. The van der Waals surface area contributed by atoms with Gasteiger partial charge in [0.1, 0.15) is 12.4 Å². The minimum Gasteiger partial charge on any atom is -0.489 e. The number of hydrogen-bond acceptors (Lipinski definition) is 7. The molecule has 1 saturated heterocycles. The van der Waals surface area contributed by atoms with Gasteiger partial charge in [-0.2, -0.15) is 4.31 Å². The molecule has 2 aliphatic heterocycles. The predicted octanol–water partition coefficient (Wildman–Crippen LogP) is 8.64. The molecule has 0 atom stereocenters. The number of fused-ring (bicyclic) bond motifs is 1. The number of benzene rings is 3. The van der Waals surface area contributed by atoms with E-state index in [1.807, 2.05) is 42.5 Å². The van der Waals surface area contributed by atoms with Crippen molar-refractivity contribution in [1.29, 1.82) is 0 Å². The van der Waals surface area contributed by atoms with Crippen LogP contribution in [0.5, 0.6) is 5.75 Å². The fourth-order valence-electron chi connectivity index (χ4n) is 8.68. The van der Waals surface area contributed by atoms with Crippen molar-refractivity contribution in [2.75, 3.05) is 42.7 Å². The lowest BCUT2D eigenvalue weighted by molar-refractivity contribution is -0.119. The molecule has 3 aromatic carbocycles. The number of piperazine rings is 1. The van der Waals surface area contributed by atoms with Gasteiger partial charge in [-0.25, -0.2) is 8.42 Å². The zero-order valence-electron chi connectivity index (χ0n) is 32.7. The number of carbonyl (C=O) groups is 3. The van der Waals surface area contributed by atoms with Crippen molar-refractivity contribution in [3.05, 3.63) is 89.5 Å². The van der Waals surface area contributed by atoms with E-state index in [9.17, 15) is 22.8 Å². The number of ketones is 2. The molecule has 3 heterocycles. The zero-order chi connectivity index (χ0) is 39.2. The van der Waals surface area contributed by atoms with Crippen molar-refractivity contribution in [2.45, 2.75) is 96.6 Å². The van der Waals surface area contributed by atoms with Crippen LogP contribution in [0.1, 0.15) is 105 Å². The molecular weight excluding hydrogens is 725 g/mol. The van der Waals surface area contributed by atoms with Crippen LogP contribution in [0.4, 0.5) is 11.4 Å². The van der Waals surface area contributed by atoms with Gasteiger partial charge in [-0.15, -0.1) is 0 Å². The summed E-state index contributed by atoms with van der Waals surface area (Å²) in [6, 6.07) is 20.0. The van der Waals surface area contributed by atoms with Crippen molar-refractivity contribution in [2.24, 2.45) is 0 Å². The number of rotatable bonds is 8. The van der Waals surface area contributed by atoms with Gasteiger partial charge in [0.25, 0.3) is 0 Å². The molecule has 2 bridgehead atoms. The Balaban J connectivity index is 1.21. The quantitative estimate of drug-likeness (QED) is 0.178. The van der Waals surface area contributed by atoms with Gasteiger partial charge in [-0.1, -0.05) is 43.5 Å². The first-order valence-corrected chi connectivity index (χ1v) is 22.1. The third-order valence-corrected chi connectivity index (χ3v) is 12.8. The molecule has 0 spiro atoms. The first kappa shape index (κ1) is 39.5. The van der Waals surface area contributed by atoms with Crippen LogP contribution in [-0.2, 0) is 32.8 Å². The van der Waals surface area contributed by atoms with Gasteiger partial charge in [-0.05, 0) is 104 Å². The van der Waals surface area contributed by atoms with E-state index < -0.39 is 10.0 Å². The highest BCUT2D eigenvalue weighted by atomic mass is 32.2. The van der Waals surface area contributed by atoms with Crippen LogP contribution < -0.4 is 15.0 Å². The zero-order valence-corrected chi connectivity index (χ0v) is 33.5. The summed E-state index contributed by atoms with van der Waals surface area (Å²) in [6.45, 7) is 3.85. The van der Waals surface area contributed by atoms with Crippen LogP contribution in [0, 0.1) is 0 Å². The summed E-state index contributed by atoms with van der Waals surface area (Å²) in [6.07, 6.45) is 15.6. The van der Waals surface area contributed by atoms with E-state index in [0.29, 0.717) is 61.9 Å². The second-order valence-corrected chi connectivity index (χ2v) is 17.6. The lowest BCUT2D eigenvalue weighted by Crippen LogP contribution is -2.48. The van der Waals surface area contributed by atoms with Crippen LogP contribution in [0.15, 0.2) is 72.8 Å². The molecule has 10 nitrogen and oxygen atoms in total. The van der Waals surface area contributed by atoms with Crippen molar-refractivity contribution in [1.82, 2.24) is 8.87 Å². The van der Waals surface area contributed by atoms with Gasteiger partial charge >= 0.3 is 0 Å². The van der Waals surface area contributed by atoms with Crippen LogP contribution in [0.3, 0.4) is 0 Å². The summed E-state index contributed by atoms with van der Waals surface area (Å²) in [5.74, 6) is 1.19. The van der Waals surface area contributed by atoms with Gasteiger partial charge in [0, 0.05) is 79.3 Å². The minimum absolute atomic E-state index is 0.137. The van der Waals surface area contributed by atoms with Crippen molar-refractivity contribution in [3.63, 3.8) is 0 Å². The minimum atomic E-state index is -3.27. The number of nitrogens with one attached hydrogen (secondary N) is 1. The average molecular weight is 779 g/mol. The predicted molar refractivity (Wildman–Crippen MR) is 223 cm³/mol. The summed E-state index contributed by atoms with van der Waals surface area (Å²) in [7, 11) is -3.27. The first-order valence-electron chi connectivity index (χ1n) is 20.2. The Hall–Kier alpha value is -4.74. The Morgan fingerprint density at radius 2 is 1.52 bits per heavy atom. The first-order chi connectivity index (χ1) is 27.0. The van der Waals surface area contributed by atoms with Crippen molar-refractivity contribution < 1.29 is 27.5 Å². The van der Waals surface area contributed by atoms with E-state index in [4.69, 9.17) is 4.74 Å². The Kier molecular flexibility index (Phi) is 12.4. The summed E-state index contributed by atoms with van der Waals surface area (Å²) in [4.78, 5) is 41.1. The number of anilines is 2. The van der Waals surface area contributed by atoms with Crippen LogP contribution in [-0.4, -0.2) is 67.2 Å². The molecule has 3 aliphatic rings. The number of ether oxygens (including phenoxy) is 1. The van der Waals surface area contributed by atoms with Gasteiger partial charge in [0.15, 0.2) is 11.6 Å². The molecule has 7 rings (SSSR count). The van der Waals surface area contributed by atoms with Crippen molar-refractivity contribution in [3.8, 4) is 17.0 Å². The number of aromatic nitrogens is 1. The van der Waals surface area contributed by atoms with E-state index in [0.717, 1.165) is 71.9 Å². The lowest BCUT2D eigenvalue weighted by Gasteiger charge is -2.35. The molecule has 0 radical (unpaired) electrons. The molecule has 1 amide bonds. The molecular formula is C45H54N4O6S. The third-order valence-electron chi connectivity index (χ3n) is 11.5. The van der Waals surface area contributed by atoms with E-state index in [-0.39, 0.29) is 30.6 Å². The average Bonchev–Trinajstić information content (AvgIpc) is 3.50. The highest BCUT2D eigenvalue weighted by molar-refractivity contribution is 7.88. The number of allylic oxidation sites excluding steroid dienone is 2. The lowest BCUT2D eigenvalue weighted by atomic mass is 9.81. The monoisotopic (exact) mass is 778 g/mol.